The quantitative estimate of drug-likeness (QED) is 0.775. The number of aliphatic hydroxyl groups is 1. The zero-order valence-corrected chi connectivity index (χ0v) is 11.6. The lowest BCUT2D eigenvalue weighted by molar-refractivity contribution is 0.0921. The summed E-state index contributed by atoms with van der Waals surface area (Å²) in [6, 6.07) is 8.46. The Morgan fingerprint density at radius 1 is 1.06 bits per heavy atom. The topological polar surface area (TPSA) is 20.2 Å². The van der Waals surface area contributed by atoms with Gasteiger partial charge in [0, 0.05) is 0 Å². The lowest BCUT2D eigenvalue weighted by Crippen LogP contribution is -2.14. The van der Waals surface area contributed by atoms with E-state index in [1.54, 1.807) is 0 Å². The Bertz CT molecular complexity index is 313. The molecule has 1 N–H and O–H groups in total. The fraction of sp³-hybridized carbons (Fsp3) is 0.625. The predicted octanol–water partition coefficient (Wildman–Crippen LogP) is 4.35. The van der Waals surface area contributed by atoms with Gasteiger partial charge in [0.15, 0.2) is 0 Å². The zero-order chi connectivity index (χ0) is 12.8. The molecule has 0 fully saturated rings. The van der Waals surface area contributed by atoms with Crippen LogP contribution in [0, 0.1) is 11.8 Å². The van der Waals surface area contributed by atoms with Gasteiger partial charge < -0.3 is 5.11 Å². The van der Waals surface area contributed by atoms with Crippen LogP contribution in [0.4, 0.5) is 0 Å². The summed E-state index contributed by atoms with van der Waals surface area (Å²) in [6.45, 7) is 8.63. The zero-order valence-electron chi connectivity index (χ0n) is 11.6. The van der Waals surface area contributed by atoms with Gasteiger partial charge in [-0.15, -0.1) is 0 Å². The van der Waals surface area contributed by atoms with Crippen molar-refractivity contribution in [1.82, 2.24) is 0 Å². The Labute approximate surface area is 106 Å². The molecule has 0 aliphatic heterocycles. The SMILES string of the molecule is CCCCc1ccc(C(O)C(C)C(C)C)cc1. The second-order valence-electron chi connectivity index (χ2n) is 5.39. The van der Waals surface area contributed by atoms with Gasteiger partial charge in [-0.1, -0.05) is 58.4 Å². The molecule has 1 aromatic carbocycles. The summed E-state index contributed by atoms with van der Waals surface area (Å²) in [5, 5.41) is 10.2. The molecule has 0 radical (unpaired) electrons. The van der Waals surface area contributed by atoms with Crippen molar-refractivity contribution in [3.63, 3.8) is 0 Å². The average molecular weight is 234 g/mol. The van der Waals surface area contributed by atoms with Gasteiger partial charge in [0.25, 0.3) is 0 Å². The van der Waals surface area contributed by atoms with E-state index in [4.69, 9.17) is 0 Å². The molecular weight excluding hydrogens is 208 g/mol. The summed E-state index contributed by atoms with van der Waals surface area (Å²) >= 11 is 0. The number of hydrogen-bond acceptors (Lipinski definition) is 1. The summed E-state index contributed by atoms with van der Waals surface area (Å²) in [5.74, 6) is 0.807. The van der Waals surface area contributed by atoms with Crippen molar-refractivity contribution in [3.05, 3.63) is 35.4 Å². The van der Waals surface area contributed by atoms with Gasteiger partial charge in [-0.05, 0) is 35.8 Å². The van der Waals surface area contributed by atoms with Crippen LogP contribution in [0.15, 0.2) is 24.3 Å². The van der Waals surface area contributed by atoms with Crippen molar-refractivity contribution < 1.29 is 5.11 Å². The third-order valence-electron chi connectivity index (χ3n) is 3.69. The first-order valence-corrected chi connectivity index (χ1v) is 6.83. The van der Waals surface area contributed by atoms with Crippen LogP contribution in [0.3, 0.4) is 0 Å². The van der Waals surface area contributed by atoms with Crippen LogP contribution in [-0.2, 0) is 6.42 Å². The van der Waals surface area contributed by atoms with Gasteiger partial charge in [-0.25, -0.2) is 0 Å². The second kappa shape index (κ2) is 6.80. The van der Waals surface area contributed by atoms with Crippen molar-refractivity contribution in [2.75, 3.05) is 0 Å². The fourth-order valence-electron chi connectivity index (χ4n) is 1.93. The summed E-state index contributed by atoms with van der Waals surface area (Å²) in [7, 11) is 0. The molecule has 0 aliphatic carbocycles. The number of unbranched alkanes of at least 4 members (excludes halogenated alkanes) is 1. The Kier molecular flexibility index (Phi) is 5.70. The Balaban J connectivity index is 2.66. The van der Waals surface area contributed by atoms with Crippen molar-refractivity contribution in [2.45, 2.75) is 53.1 Å². The highest BCUT2D eigenvalue weighted by Gasteiger charge is 2.19. The minimum absolute atomic E-state index is 0.302. The van der Waals surface area contributed by atoms with E-state index in [1.807, 2.05) is 0 Å². The van der Waals surface area contributed by atoms with Crippen molar-refractivity contribution in [3.8, 4) is 0 Å². The molecule has 0 aliphatic rings. The fourth-order valence-corrected chi connectivity index (χ4v) is 1.93. The van der Waals surface area contributed by atoms with E-state index >= 15 is 0 Å². The van der Waals surface area contributed by atoms with E-state index in [2.05, 4.69) is 52.0 Å². The maximum absolute atomic E-state index is 10.2. The van der Waals surface area contributed by atoms with Gasteiger partial charge in [0.1, 0.15) is 0 Å². The molecule has 2 unspecified atom stereocenters. The van der Waals surface area contributed by atoms with Gasteiger partial charge in [0.2, 0.25) is 0 Å². The molecule has 1 rings (SSSR count). The smallest absolute Gasteiger partial charge is 0.0818 e. The Morgan fingerprint density at radius 3 is 2.12 bits per heavy atom. The monoisotopic (exact) mass is 234 g/mol. The minimum Gasteiger partial charge on any atom is -0.388 e. The van der Waals surface area contributed by atoms with Crippen LogP contribution in [0.1, 0.15) is 57.8 Å². The molecule has 0 spiro atoms. The third kappa shape index (κ3) is 4.16. The van der Waals surface area contributed by atoms with Crippen LogP contribution >= 0.6 is 0 Å². The maximum Gasteiger partial charge on any atom is 0.0818 e. The van der Waals surface area contributed by atoms with E-state index in [0.717, 1.165) is 12.0 Å². The minimum atomic E-state index is -0.338. The van der Waals surface area contributed by atoms with Crippen molar-refractivity contribution >= 4 is 0 Å². The first-order valence-electron chi connectivity index (χ1n) is 6.83. The Morgan fingerprint density at radius 2 is 1.65 bits per heavy atom. The number of aliphatic hydroxyl groups excluding tert-OH is 1. The molecule has 0 aromatic heterocycles. The molecule has 0 saturated carbocycles. The van der Waals surface area contributed by atoms with Gasteiger partial charge in [0.05, 0.1) is 6.10 Å². The highest BCUT2D eigenvalue weighted by atomic mass is 16.3. The van der Waals surface area contributed by atoms with Crippen LogP contribution in [-0.4, -0.2) is 5.11 Å². The number of aryl methyl sites for hydroxylation is 1. The summed E-state index contributed by atoms with van der Waals surface area (Å²) in [6.07, 6.45) is 3.28. The first kappa shape index (κ1) is 14.2. The molecule has 1 aromatic rings. The standard InChI is InChI=1S/C16H26O/c1-5-6-7-14-8-10-15(11-9-14)16(17)13(4)12(2)3/h8-13,16-17H,5-7H2,1-4H3. The highest BCUT2D eigenvalue weighted by Crippen LogP contribution is 2.27. The third-order valence-corrected chi connectivity index (χ3v) is 3.69. The lowest BCUT2D eigenvalue weighted by atomic mass is 9.88. The predicted molar refractivity (Wildman–Crippen MR) is 74.0 cm³/mol. The number of rotatable bonds is 6. The van der Waals surface area contributed by atoms with Crippen LogP contribution in [0.25, 0.3) is 0 Å². The van der Waals surface area contributed by atoms with E-state index in [9.17, 15) is 5.11 Å². The van der Waals surface area contributed by atoms with Crippen molar-refractivity contribution in [2.24, 2.45) is 11.8 Å². The molecule has 0 amide bonds. The van der Waals surface area contributed by atoms with Gasteiger partial charge in [-0.3, -0.25) is 0 Å². The van der Waals surface area contributed by atoms with Crippen LogP contribution in [0.2, 0.25) is 0 Å². The normalized spacial score (nSPS) is 14.9. The second-order valence-corrected chi connectivity index (χ2v) is 5.39. The molecule has 2 atom stereocenters. The molecule has 0 saturated heterocycles. The summed E-state index contributed by atoms with van der Waals surface area (Å²) in [5.41, 5.74) is 2.42. The number of hydrogen-bond donors (Lipinski definition) is 1. The highest BCUT2D eigenvalue weighted by molar-refractivity contribution is 5.24. The molecule has 1 heteroatoms. The molecular formula is C16H26O. The number of benzene rings is 1. The largest absolute Gasteiger partial charge is 0.388 e. The summed E-state index contributed by atoms with van der Waals surface area (Å²) < 4.78 is 0. The van der Waals surface area contributed by atoms with E-state index in [0.29, 0.717) is 11.8 Å². The molecule has 96 valence electrons. The van der Waals surface area contributed by atoms with E-state index < -0.39 is 0 Å². The molecule has 0 heterocycles. The average Bonchev–Trinajstić information content (AvgIpc) is 2.35. The molecule has 17 heavy (non-hydrogen) atoms. The molecule has 0 bridgehead atoms. The van der Waals surface area contributed by atoms with Crippen LogP contribution in [0.5, 0.6) is 0 Å². The van der Waals surface area contributed by atoms with E-state index in [-0.39, 0.29) is 6.10 Å². The Hall–Kier alpha value is -0.820. The maximum atomic E-state index is 10.2. The van der Waals surface area contributed by atoms with Crippen LogP contribution < -0.4 is 0 Å². The summed E-state index contributed by atoms with van der Waals surface area (Å²) in [4.78, 5) is 0. The van der Waals surface area contributed by atoms with Crippen molar-refractivity contribution in [1.29, 1.82) is 0 Å². The first-order chi connectivity index (χ1) is 8.06. The lowest BCUT2D eigenvalue weighted by Gasteiger charge is -2.22. The van der Waals surface area contributed by atoms with Gasteiger partial charge in [-0.2, -0.15) is 0 Å². The van der Waals surface area contributed by atoms with E-state index in [1.165, 1.54) is 18.4 Å². The van der Waals surface area contributed by atoms with Gasteiger partial charge >= 0.3 is 0 Å². The molecule has 1 nitrogen and oxygen atoms in total.